The smallest absolute Gasteiger partial charge is 0.483 e. The molecular weight excluding hydrogens is 919 g/mol. The number of ether oxygens (including phenoxy) is 2. The molecule has 6 N–H and O–H groups in total. The van der Waals surface area contributed by atoms with Gasteiger partial charge in [0.15, 0.2) is 11.9 Å². The van der Waals surface area contributed by atoms with Gasteiger partial charge in [0.2, 0.25) is 11.1 Å². The molecule has 12 nitrogen and oxygen atoms in total. The lowest BCUT2D eigenvalue weighted by atomic mass is 9.71. The largest absolute Gasteiger partial charge is 0.488 e. The molecule has 4 spiro atoms. The van der Waals surface area contributed by atoms with Gasteiger partial charge in [0.05, 0.1) is 0 Å². The minimum atomic E-state index is -1.34. The quantitative estimate of drug-likeness (QED) is 0.141. The normalized spacial score (nSPS) is 22.0. The molecule has 0 aromatic heterocycles. The summed E-state index contributed by atoms with van der Waals surface area (Å²) in [6.45, 7) is 0. The Balaban J connectivity index is 0.000000136. The molecule has 0 radical (unpaired) electrons. The highest BCUT2D eigenvalue weighted by atomic mass is 79.9. The first-order valence-electron chi connectivity index (χ1n) is 23.0. The van der Waals surface area contributed by atoms with Crippen LogP contribution in [0.2, 0.25) is 0 Å². The number of hydrogen-bond acceptors (Lipinski definition) is 10. The molecule has 6 aliphatic rings. The molecule has 2 unspecified atom stereocenters. The van der Waals surface area contributed by atoms with Crippen LogP contribution in [0.25, 0.3) is 11.1 Å². The Kier molecular flexibility index (Phi) is 11.5. The van der Waals surface area contributed by atoms with E-state index in [4.69, 9.17) is 41.0 Å². The van der Waals surface area contributed by atoms with Crippen LogP contribution in [0.1, 0.15) is 59.1 Å². The maximum Gasteiger partial charge on any atom is 0.488 e. The van der Waals surface area contributed by atoms with Crippen molar-refractivity contribution in [2.75, 3.05) is 14.1 Å². The van der Waals surface area contributed by atoms with E-state index >= 15 is 0 Å². The van der Waals surface area contributed by atoms with Crippen LogP contribution in [-0.2, 0) is 46.4 Å². The van der Waals surface area contributed by atoms with Gasteiger partial charge in [0, 0.05) is 29.7 Å². The number of likely N-dealkylation sites (N-methyl/N-ethyl adjacent to an activating group) is 2. The van der Waals surface area contributed by atoms with Gasteiger partial charge < -0.3 is 31.0 Å². The summed E-state index contributed by atoms with van der Waals surface area (Å²) in [5.41, 5.74) is 18.1. The van der Waals surface area contributed by atoms with Crippen molar-refractivity contribution in [1.82, 2.24) is 9.80 Å². The maximum absolute atomic E-state index is 13.9. The molecule has 0 fully saturated rings. The van der Waals surface area contributed by atoms with Crippen molar-refractivity contribution in [3.05, 3.63) is 183 Å². The highest BCUT2D eigenvalue weighted by Crippen LogP contribution is 2.59. The summed E-state index contributed by atoms with van der Waals surface area (Å²) in [7, 11) is 2.05. The average molecular weight is 972 g/mol. The van der Waals surface area contributed by atoms with E-state index in [0.29, 0.717) is 31.1 Å². The van der Waals surface area contributed by atoms with E-state index in [1.165, 1.54) is 32.1 Å². The number of guanidine groups is 2. The van der Waals surface area contributed by atoms with Gasteiger partial charge in [-0.1, -0.05) is 131 Å². The van der Waals surface area contributed by atoms with Gasteiger partial charge in [-0.05, 0) is 121 Å². The summed E-state index contributed by atoms with van der Waals surface area (Å²) < 4.78 is 14.2. The number of nitrogens with two attached hydrogens (primary N) is 2. The monoisotopic (exact) mass is 970 g/mol. The predicted octanol–water partition coefficient (Wildman–Crippen LogP) is 6.55. The van der Waals surface area contributed by atoms with Crippen LogP contribution in [0.15, 0.2) is 160 Å². The van der Waals surface area contributed by atoms with E-state index in [-0.39, 0.29) is 23.7 Å². The second-order valence-electron chi connectivity index (χ2n) is 18.3. The molecule has 4 heterocycles. The summed E-state index contributed by atoms with van der Waals surface area (Å²) in [6, 6.07) is 47.8. The molecular formula is C54H52BBrN6O6. The molecule has 6 aromatic rings. The van der Waals surface area contributed by atoms with Crippen molar-refractivity contribution in [2.45, 2.75) is 73.6 Å². The molecule has 12 rings (SSSR count). The Bertz CT molecular complexity index is 2950. The summed E-state index contributed by atoms with van der Waals surface area (Å²) in [5, 5.41) is 17.2. The van der Waals surface area contributed by atoms with Crippen molar-refractivity contribution >= 4 is 52.2 Å². The number of nitrogens with zero attached hydrogens (tertiary/aromatic N) is 4. The van der Waals surface area contributed by atoms with Crippen LogP contribution in [0.3, 0.4) is 0 Å². The fourth-order valence-corrected chi connectivity index (χ4v) is 11.5. The van der Waals surface area contributed by atoms with Gasteiger partial charge in [-0.15, -0.1) is 0 Å². The number of halogens is 1. The molecule has 2 amide bonds. The third kappa shape index (κ3) is 7.19. The highest BCUT2D eigenvalue weighted by Gasteiger charge is 2.69. The fourth-order valence-electron chi connectivity index (χ4n) is 11.1. The van der Waals surface area contributed by atoms with Gasteiger partial charge in [-0.25, -0.2) is 9.98 Å². The summed E-state index contributed by atoms with van der Waals surface area (Å²) in [6.07, 6.45) is 6.21. The number of carbonyl (C=O) groups is 2. The van der Waals surface area contributed by atoms with Gasteiger partial charge in [0.1, 0.15) is 22.7 Å². The zero-order valence-corrected chi connectivity index (χ0v) is 39.5. The number of aliphatic imine (C=N–C) groups is 2. The van der Waals surface area contributed by atoms with Crippen LogP contribution < -0.4 is 26.4 Å². The van der Waals surface area contributed by atoms with Gasteiger partial charge >= 0.3 is 7.12 Å². The van der Waals surface area contributed by atoms with Gasteiger partial charge in [0.25, 0.3) is 11.8 Å². The number of rotatable bonds is 2. The van der Waals surface area contributed by atoms with Crippen molar-refractivity contribution < 1.29 is 29.1 Å². The Morgan fingerprint density at radius 3 is 1.34 bits per heavy atom. The number of amides is 2. The topological polar surface area (TPSA) is 176 Å². The molecule has 2 aliphatic carbocycles. The van der Waals surface area contributed by atoms with Crippen LogP contribution in [-0.4, -0.2) is 76.0 Å². The SMILES string of the molecule is CN1C(=O)C2(N=C1N)c1cc(-c3ccccc3)ccc1OC21CCc2ccccc2CC1.CN1C(=O)C2(N=C1N)c1cc(Br)ccc1OC21CCc2ccccc2CC1.OB(O)c1ccccc1. The van der Waals surface area contributed by atoms with Crippen molar-refractivity contribution in [2.24, 2.45) is 21.5 Å². The lowest BCUT2D eigenvalue weighted by molar-refractivity contribution is -0.138. The second-order valence-corrected chi connectivity index (χ2v) is 19.2. The number of fused-ring (bicyclic) bond motifs is 8. The van der Waals surface area contributed by atoms with Crippen LogP contribution in [0, 0.1) is 0 Å². The zero-order valence-electron chi connectivity index (χ0n) is 37.9. The Morgan fingerprint density at radius 1 is 0.544 bits per heavy atom. The number of hydrogen-bond donors (Lipinski definition) is 4. The number of aryl methyl sites for hydroxylation is 4. The molecule has 2 atom stereocenters. The summed E-state index contributed by atoms with van der Waals surface area (Å²) in [5.74, 6) is 1.74. The lowest BCUT2D eigenvalue weighted by Crippen LogP contribution is -2.56. The first-order chi connectivity index (χ1) is 32.8. The third-order valence-corrected chi connectivity index (χ3v) is 15.2. The van der Waals surface area contributed by atoms with E-state index in [2.05, 4.69) is 88.7 Å². The molecule has 0 saturated heterocycles. The van der Waals surface area contributed by atoms with Crippen molar-refractivity contribution in [3.8, 4) is 22.6 Å². The number of benzene rings is 6. The molecule has 0 bridgehead atoms. The molecule has 0 saturated carbocycles. The van der Waals surface area contributed by atoms with Crippen molar-refractivity contribution in [3.63, 3.8) is 0 Å². The summed E-state index contributed by atoms with van der Waals surface area (Å²) in [4.78, 5) is 40.0. The minimum absolute atomic E-state index is 0.107. The predicted molar refractivity (Wildman–Crippen MR) is 267 cm³/mol. The van der Waals surface area contributed by atoms with Gasteiger partial charge in [-0.3, -0.25) is 19.4 Å². The average Bonchev–Trinajstić information content (AvgIpc) is 3.83. The standard InChI is InChI=1S/C27H25N3O2.C21H20BrN3O2.C6H7BO2/c1-30-24(31)27(29-25(30)28)22-17-21(18-7-3-2-4-8-18)11-12-23(22)32-26(27)15-13-19-9-5-6-10-20(19)14-16-26;1-25-18(26)21(24-19(25)23)16-12-15(22)6-7-17(16)27-20(21)10-8-13-4-2-3-5-14(13)9-11-20;8-7(9)6-4-2-1-3-5-6/h2-12,17H,13-16H2,1H3,(H2,28,29);2-7,12H,8-11H2,1H3,(H2,23,24);1-5,8-9H. The first kappa shape index (κ1) is 45.1. The third-order valence-electron chi connectivity index (χ3n) is 14.7. The minimum Gasteiger partial charge on any atom is -0.483 e. The Morgan fingerprint density at radius 2 is 0.941 bits per heavy atom. The van der Waals surface area contributed by atoms with Gasteiger partial charge in [-0.2, -0.15) is 0 Å². The second kappa shape index (κ2) is 17.4. The fraction of sp³-hybridized carbons (Fsp3) is 0.259. The molecule has 68 heavy (non-hydrogen) atoms. The van der Waals surface area contributed by atoms with E-state index < -0.39 is 29.4 Å². The Hall–Kier alpha value is -6.74. The van der Waals surface area contributed by atoms with E-state index in [9.17, 15) is 9.59 Å². The van der Waals surface area contributed by atoms with E-state index in [0.717, 1.165) is 63.9 Å². The Labute approximate surface area is 404 Å². The zero-order chi connectivity index (χ0) is 47.4. The van der Waals surface area contributed by atoms with Crippen molar-refractivity contribution in [1.29, 1.82) is 0 Å². The van der Waals surface area contributed by atoms with Crippen LogP contribution >= 0.6 is 15.9 Å². The molecule has 6 aromatic carbocycles. The maximum atomic E-state index is 13.9. The highest BCUT2D eigenvalue weighted by molar-refractivity contribution is 9.10. The van der Waals surface area contributed by atoms with Crippen LogP contribution in [0.5, 0.6) is 11.5 Å². The first-order valence-corrected chi connectivity index (χ1v) is 23.8. The molecule has 4 aliphatic heterocycles. The van der Waals surface area contributed by atoms with Crippen LogP contribution in [0.4, 0.5) is 0 Å². The van der Waals surface area contributed by atoms with E-state index in [1.54, 1.807) is 38.4 Å². The van der Waals surface area contributed by atoms with E-state index in [1.807, 2.05) is 48.5 Å². The molecule has 14 heteroatoms. The summed E-state index contributed by atoms with van der Waals surface area (Å²) >= 11 is 3.54. The number of carbonyl (C=O) groups excluding carboxylic acids is 2. The molecule has 344 valence electrons. The lowest BCUT2D eigenvalue weighted by Gasteiger charge is -2.38.